The third-order valence-electron chi connectivity index (χ3n) is 6.95. The molecule has 1 aliphatic heterocycles. The van der Waals surface area contributed by atoms with Gasteiger partial charge in [0.05, 0.1) is 47.6 Å². The van der Waals surface area contributed by atoms with Crippen LogP contribution in [-0.4, -0.2) is 36.8 Å². The van der Waals surface area contributed by atoms with E-state index in [1.165, 1.54) is 34.4 Å². The molecule has 10 heteroatoms. The summed E-state index contributed by atoms with van der Waals surface area (Å²) < 4.78 is 19.7. The third-order valence-corrected chi connectivity index (χ3v) is 9.13. The molecular weight excluding hydrogens is 558 g/mol. The maximum absolute atomic E-state index is 14.0. The van der Waals surface area contributed by atoms with Crippen molar-refractivity contribution in [3.8, 4) is 11.5 Å². The van der Waals surface area contributed by atoms with Crippen LogP contribution in [-0.2, 0) is 9.53 Å². The van der Waals surface area contributed by atoms with Crippen molar-refractivity contribution >= 4 is 61.9 Å². The Morgan fingerprint density at radius 1 is 0.927 bits per heavy atom. The van der Waals surface area contributed by atoms with E-state index in [9.17, 15) is 9.59 Å². The number of allylic oxidation sites excluding steroid dienone is 1. The highest BCUT2D eigenvalue weighted by Crippen LogP contribution is 2.46. The number of ether oxygens (including phenoxy) is 3. The van der Waals surface area contributed by atoms with Gasteiger partial charge in [-0.3, -0.25) is 9.36 Å². The van der Waals surface area contributed by atoms with Gasteiger partial charge in [-0.1, -0.05) is 48.5 Å². The molecule has 2 N–H and O–H groups in total. The molecule has 0 unspecified atom stereocenters. The molecule has 1 aliphatic rings. The predicted molar refractivity (Wildman–Crippen MR) is 162 cm³/mol. The molecule has 0 spiro atoms. The molecule has 0 saturated heterocycles. The van der Waals surface area contributed by atoms with Crippen LogP contribution < -0.4 is 30.0 Å². The van der Waals surface area contributed by atoms with E-state index in [1.54, 1.807) is 20.3 Å². The SMILES string of the molecule is COC(=O)C1=c2s/c(=C\c3ccccc3OC)c(=O)n2C(N)=C(c2nc3ccccc3s2)[C@H]1c1ccccc1OC. The van der Waals surface area contributed by atoms with E-state index >= 15 is 0 Å². The number of esters is 1. The molecule has 0 radical (unpaired) electrons. The minimum Gasteiger partial charge on any atom is -0.496 e. The minimum absolute atomic E-state index is 0.198. The van der Waals surface area contributed by atoms with Gasteiger partial charge in [0.2, 0.25) is 0 Å². The summed E-state index contributed by atoms with van der Waals surface area (Å²) in [6, 6.07) is 22.6. The van der Waals surface area contributed by atoms with Gasteiger partial charge in [-0.25, -0.2) is 9.78 Å². The second-order valence-electron chi connectivity index (χ2n) is 9.16. The molecule has 5 aromatic rings. The molecule has 0 saturated carbocycles. The fraction of sp³-hybridized carbons (Fsp3) is 0.129. The van der Waals surface area contributed by atoms with Crippen molar-refractivity contribution < 1.29 is 19.0 Å². The zero-order chi connectivity index (χ0) is 28.7. The number of nitrogens with zero attached hydrogens (tertiary/aromatic N) is 2. The van der Waals surface area contributed by atoms with Gasteiger partial charge in [-0.2, -0.15) is 0 Å². The van der Waals surface area contributed by atoms with Crippen LogP contribution in [0.3, 0.4) is 0 Å². The van der Waals surface area contributed by atoms with Gasteiger partial charge in [0.1, 0.15) is 27.0 Å². The van der Waals surface area contributed by atoms with Gasteiger partial charge in [0.25, 0.3) is 5.56 Å². The Balaban J connectivity index is 1.75. The molecule has 3 aromatic carbocycles. The molecule has 206 valence electrons. The number of hydrogen-bond acceptors (Lipinski definition) is 9. The molecule has 41 heavy (non-hydrogen) atoms. The molecule has 2 aromatic heterocycles. The lowest BCUT2D eigenvalue weighted by Crippen LogP contribution is -2.40. The van der Waals surface area contributed by atoms with Crippen molar-refractivity contribution in [1.82, 2.24) is 9.55 Å². The summed E-state index contributed by atoms with van der Waals surface area (Å²) >= 11 is 2.62. The summed E-state index contributed by atoms with van der Waals surface area (Å²) in [7, 11) is 4.47. The molecule has 8 nitrogen and oxygen atoms in total. The number of carbonyl (C=O) groups excluding carboxylic acids is 1. The number of hydrogen-bond donors (Lipinski definition) is 1. The molecule has 0 amide bonds. The van der Waals surface area contributed by atoms with Gasteiger partial charge >= 0.3 is 5.97 Å². The van der Waals surface area contributed by atoms with Gasteiger partial charge in [-0.05, 0) is 30.3 Å². The van der Waals surface area contributed by atoms with E-state index in [1.807, 2.05) is 72.8 Å². The Kier molecular flexibility index (Phi) is 6.94. The topological polar surface area (TPSA) is 106 Å². The Morgan fingerprint density at radius 3 is 2.34 bits per heavy atom. The van der Waals surface area contributed by atoms with E-state index < -0.39 is 11.9 Å². The van der Waals surface area contributed by atoms with Crippen molar-refractivity contribution in [3.63, 3.8) is 0 Å². The number of para-hydroxylation sites is 3. The first kappa shape index (κ1) is 26.5. The van der Waals surface area contributed by atoms with Gasteiger partial charge < -0.3 is 19.9 Å². The van der Waals surface area contributed by atoms with Crippen LogP contribution in [0.2, 0.25) is 0 Å². The maximum Gasteiger partial charge on any atom is 0.337 e. The lowest BCUT2D eigenvalue weighted by atomic mass is 9.83. The Bertz CT molecular complexity index is 2000. The highest BCUT2D eigenvalue weighted by molar-refractivity contribution is 7.19. The van der Waals surface area contributed by atoms with E-state index in [0.29, 0.717) is 36.8 Å². The summed E-state index contributed by atoms with van der Waals surface area (Å²) in [5, 5.41) is 0.597. The molecule has 0 bridgehead atoms. The number of carbonyl (C=O) groups is 1. The Morgan fingerprint density at radius 2 is 1.61 bits per heavy atom. The number of thiazole rings is 2. The van der Waals surface area contributed by atoms with Crippen molar-refractivity contribution in [2.45, 2.75) is 5.92 Å². The van der Waals surface area contributed by atoms with E-state index in [2.05, 4.69) is 0 Å². The van der Waals surface area contributed by atoms with Crippen LogP contribution in [0.5, 0.6) is 11.5 Å². The standard InChI is InChI=1S/C31H25N3O5S2/c1-37-20-13-7-4-10-17(20)16-23-29(35)34-27(32)25(28-33-19-12-6-9-15-22(19)40-28)24(18-11-5-8-14-21(18)38-2)26(30(34)41-23)31(36)39-3/h4-16,24H,32H2,1-3H3/b23-16-/t24-/m1/s1. The molecule has 3 heterocycles. The second kappa shape index (κ2) is 10.7. The summed E-state index contributed by atoms with van der Waals surface area (Å²) in [5.41, 5.74) is 9.58. The summed E-state index contributed by atoms with van der Waals surface area (Å²) in [6.45, 7) is 0. The molecule has 0 fully saturated rings. The number of methoxy groups -OCH3 is 3. The van der Waals surface area contributed by atoms with Gasteiger partial charge in [-0.15, -0.1) is 22.7 Å². The Hall–Kier alpha value is -4.67. The zero-order valence-electron chi connectivity index (χ0n) is 22.4. The largest absolute Gasteiger partial charge is 0.496 e. The number of nitrogens with two attached hydrogens (primary N) is 1. The molecular formula is C31H25N3O5S2. The van der Waals surface area contributed by atoms with Crippen molar-refractivity contribution in [2.75, 3.05) is 21.3 Å². The van der Waals surface area contributed by atoms with E-state index in [0.717, 1.165) is 15.8 Å². The van der Waals surface area contributed by atoms with Crippen LogP contribution >= 0.6 is 22.7 Å². The Labute approximate surface area is 242 Å². The van der Waals surface area contributed by atoms with Gasteiger partial charge in [0, 0.05) is 16.7 Å². The molecule has 6 rings (SSSR count). The molecule has 0 aliphatic carbocycles. The molecule has 1 atom stereocenters. The average Bonchev–Trinajstić information content (AvgIpc) is 3.57. The second-order valence-corrected chi connectivity index (χ2v) is 11.2. The lowest BCUT2D eigenvalue weighted by molar-refractivity contribution is -0.134. The highest BCUT2D eigenvalue weighted by atomic mass is 32.1. The average molecular weight is 584 g/mol. The first-order valence-electron chi connectivity index (χ1n) is 12.6. The van der Waals surface area contributed by atoms with E-state index in [-0.39, 0.29) is 17.0 Å². The monoisotopic (exact) mass is 583 g/mol. The smallest absolute Gasteiger partial charge is 0.337 e. The first-order valence-corrected chi connectivity index (χ1v) is 14.3. The minimum atomic E-state index is -0.712. The van der Waals surface area contributed by atoms with Crippen LogP contribution in [0, 0.1) is 0 Å². The maximum atomic E-state index is 14.0. The zero-order valence-corrected chi connectivity index (χ0v) is 24.0. The van der Waals surface area contributed by atoms with Crippen LogP contribution in [0.15, 0.2) is 77.6 Å². The van der Waals surface area contributed by atoms with Crippen LogP contribution in [0.1, 0.15) is 22.1 Å². The predicted octanol–water partition coefficient (Wildman–Crippen LogP) is 3.77. The summed E-state index contributed by atoms with van der Waals surface area (Å²) in [4.78, 5) is 32.5. The quantitative estimate of drug-likeness (QED) is 0.304. The van der Waals surface area contributed by atoms with Crippen molar-refractivity contribution in [1.29, 1.82) is 0 Å². The normalized spacial score (nSPS) is 15.2. The fourth-order valence-corrected chi connectivity index (χ4v) is 7.30. The fourth-order valence-electron chi connectivity index (χ4n) is 5.10. The van der Waals surface area contributed by atoms with E-state index in [4.69, 9.17) is 24.9 Å². The van der Waals surface area contributed by atoms with Crippen molar-refractivity contribution in [3.05, 3.63) is 108 Å². The van der Waals surface area contributed by atoms with Crippen molar-refractivity contribution in [2.24, 2.45) is 5.73 Å². The number of benzene rings is 3. The number of fused-ring (bicyclic) bond motifs is 2. The van der Waals surface area contributed by atoms with Crippen LogP contribution in [0.4, 0.5) is 0 Å². The third kappa shape index (κ3) is 4.41. The number of rotatable bonds is 6. The lowest BCUT2D eigenvalue weighted by Gasteiger charge is -2.28. The highest BCUT2D eigenvalue weighted by Gasteiger charge is 2.39. The van der Waals surface area contributed by atoms with Crippen LogP contribution in [0.25, 0.3) is 33.3 Å². The number of aromatic nitrogens is 2. The van der Waals surface area contributed by atoms with Gasteiger partial charge in [0.15, 0.2) is 0 Å². The summed E-state index contributed by atoms with van der Waals surface area (Å²) in [6.07, 6.45) is 1.74. The summed E-state index contributed by atoms with van der Waals surface area (Å²) in [5.74, 6) is 0.0928. The first-order chi connectivity index (χ1) is 20.0.